The topological polar surface area (TPSA) is 105 Å². The van der Waals surface area contributed by atoms with Crippen LogP contribution in [0.3, 0.4) is 0 Å². The lowest BCUT2D eigenvalue weighted by atomic mass is 9.96. The van der Waals surface area contributed by atoms with E-state index in [9.17, 15) is 10.1 Å². The van der Waals surface area contributed by atoms with Crippen LogP contribution >= 0.6 is 0 Å². The van der Waals surface area contributed by atoms with Crippen molar-refractivity contribution in [3.8, 4) is 29.2 Å². The molecule has 2 aromatic heterocycles. The van der Waals surface area contributed by atoms with E-state index in [2.05, 4.69) is 16.4 Å². The predicted molar refractivity (Wildman–Crippen MR) is 125 cm³/mol. The summed E-state index contributed by atoms with van der Waals surface area (Å²) in [5.74, 6) is 2.36. The average Bonchev–Trinajstić information content (AvgIpc) is 3.55. The highest BCUT2D eigenvalue weighted by Gasteiger charge is 2.29. The van der Waals surface area contributed by atoms with E-state index in [-0.39, 0.29) is 23.4 Å². The molecule has 0 spiro atoms. The van der Waals surface area contributed by atoms with Crippen LogP contribution < -0.4 is 15.0 Å². The van der Waals surface area contributed by atoms with Gasteiger partial charge < -0.3 is 23.8 Å². The minimum atomic E-state index is -0.145. The molecule has 3 heterocycles. The molecule has 1 aliphatic rings. The number of oxazole rings is 1. The Bertz CT molecular complexity index is 1300. The molecule has 8 heteroatoms. The zero-order valence-corrected chi connectivity index (χ0v) is 18.3. The minimum absolute atomic E-state index is 0.0362. The molecule has 0 bridgehead atoms. The molecule has 170 valence electrons. The summed E-state index contributed by atoms with van der Waals surface area (Å²) in [6.07, 6.45) is 2.79. The molecule has 1 fully saturated rings. The van der Waals surface area contributed by atoms with Crippen LogP contribution in [0, 0.1) is 17.2 Å². The molecule has 1 saturated heterocycles. The molecule has 1 amide bonds. The molecule has 5 rings (SSSR count). The summed E-state index contributed by atoms with van der Waals surface area (Å²) in [5, 5.41) is 12.5. The van der Waals surface area contributed by atoms with Gasteiger partial charge in [0.05, 0.1) is 6.26 Å². The predicted octanol–water partition coefficient (Wildman–Crippen LogP) is 5.45. The fourth-order valence-electron chi connectivity index (χ4n) is 3.96. The van der Waals surface area contributed by atoms with Crippen LogP contribution in [0.25, 0.3) is 11.7 Å². The lowest BCUT2D eigenvalue weighted by Gasteiger charge is -2.31. The molecule has 0 radical (unpaired) electrons. The second kappa shape index (κ2) is 9.55. The van der Waals surface area contributed by atoms with E-state index >= 15 is 0 Å². The van der Waals surface area contributed by atoms with Crippen LogP contribution in [0.1, 0.15) is 18.5 Å². The van der Waals surface area contributed by atoms with Crippen molar-refractivity contribution in [1.29, 1.82) is 5.26 Å². The Balaban J connectivity index is 1.20. The smallest absolute Gasteiger partial charge is 0.266 e. The van der Waals surface area contributed by atoms with E-state index in [0.717, 1.165) is 5.75 Å². The third-order valence-corrected chi connectivity index (χ3v) is 5.68. The first-order valence-electron chi connectivity index (χ1n) is 11.0. The van der Waals surface area contributed by atoms with E-state index in [1.54, 1.807) is 12.1 Å². The number of carbonyl (C=O) groups is 1. The minimum Gasteiger partial charge on any atom is -0.459 e. The van der Waals surface area contributed by atoms with Gasteiger partial charge >= 0.3 is 0 Å². The quantitative estimate of drug-likeness (QED) is 0.413. The zero-order chi connectivity index (χ0) is 23.3. The second-order valence-electron chi connectivity index (χ2n) is 7.96. The maximum absolute atomic E-state index is 12.9. The number of rotatable bonds is 6. The molecular formula is C26H22N4O4. The fraction of sp³-hybridized carbons (Fsp3) is 0.192. The second-order valence-corrected chi connectivity index (χ2v) is 7.96. The highest BCUT2D eigenvalue weighted by Crippen LogP contribution is 2.32. The molecule has 1 aliphatic heterocycles. The van der Waals surface area contributed by atoms with Gasteiger partial charge in [-0.2, -0.15) is 10.2 Å². The number of anilines is 2. The number of aromatic nitrogens is 1. The number of nitrogens with one attached hydrogen (secondary N) is 1. The number of nitriles is 1. The molecule has 0 atom stereocenters. The number of ether oxygens (including phenoxy) is 1. The van der Waals surface area contributed by atoms with Crippen LogP contribution in [0.5, 0.6) is 11.5 Å². The van der Waals surface area contributed by atoms with Crippen molar-refractivity contribution in [2.24, 2.45) is 5.92 Å². The lowest BCUT2D eigenvalue weighted by Crippen LogP contribution is -2.38. The van der Waals surface area contributed by atoms with E-state index in [0.29, 0.717) is 49.0 Å². The first kappa shape index (κ1) is 21.3. The highest BCUT2D eigenvalue weighted by molar-refractivity contribution is 5.92. The van der Waals surface area contributed by atoms with Crippen molar-refractivity contribution in [2.45, 2.75) is 12.8 Å². The molecule has 34 heavy (non-hydrogen) atoms. The standard InChI is InChI=1S/C26H22N4O4/c27-17-22-26(34-25(29-22)23-10-5-15-32-23)30-13-11-18(12-14-30)24(31)28-19-6-4-9-21(16-19)33-20-7-2-1-3-8-20/h1-10,15-16,18H,11-14H2,(H,28,31). The van der Waals surface area contributed by atoms with E-state index in [1.807, 2.05) is 59.5 Å². The van der Waals surface area contributed by atoms with Gasteiger partial charge in [-0.15, -0.1) is 0 Å². The summed E-state index contributed by atoms with van der Waals surface area (Å²) in [5.41, 5.74) is 0.899. The first-order valence-corrected chi connectivity index (χ1v) is 11.0. The van der Waals surface area contributed by atoms with Gasteiger partial charge in [0.25, 0.3) is 5.89 Å². The van der Waals surface area contributed by atoms with Gasteiger partial charge in [0, 0.05) is 30.8 Å². The normalized spacial score (nSPS) is 13.9. The summed E-state index contributed by atoms with van der Waals surface area (Å²) < 4.78 is 17.0. The van der Waals surface area contributed by atoms with Crippen LogP contribution in [0.2, 0.25) is 0 Å². The maximum atomic E-state index is 12.9. The number of amides is 1. The van der Waals surface area contributed by atoms with Crippen molar-refractivity contribution in [2.75, 3.05) is 23.3 Å². The molecule has 4 aromatic rings. The Morgan fingerprint density at radius 3 is 2.59 bits per heavy atom. The van der Waals surface area contributed by atoms with Gasteiger partial charge in [-0.05, 0) is 49.2 Å². The van der Waals surface area contributed by atoms with Gasteiger partial charge in [0.15, 0.2) is 5.76 Å². The number of hydrogen-bond acceptors (Lipinski definition) is 7. The third kappa shape index (κ3) is 4.64. The van der Waals surface area contributed by atoms with Crippen LogP contribution in [0.4, 0.5) is 11.6 Å². The van der Waals surface area contributed by atoms with Gasteiger partial charge in [0.1, 0.15) is 17.6 Å². The first-order chi connectivity index (χ1) is 16.7. The summed E-state index contributed by atoms with van der Waals surface area (Å²) >= 11 is 0. The molecule has 1 N–H and O–H groups in total. The number of para-hydroxylation sites is 1. The Morgan fingerprint density at radius 1 is 1.06 bits per heavy atom. The van der Waals surface area contributed by atoms with Crippen LogP contribution in [-0.2, 0) is 4.79 Å². The van der Waals surface area contributed by atoms with Crippen molar-refractivity contribution >= 4 is 17.5 Å². The largest absolute Gasteiger partial charge is 0.459 e. The van der Waals surface area contributed by atoms with E-state index in [4.69, 9.17) is 13.6 Å². The van der Waals surface area contributed by atoms with Crippen molar-refractivity contribution in [3.63, 3.8) is 0 Å². The number of furan rings is 1. The van der Waals surface area contributed by atoms with E-state index < -0.39 is 0 Å². The molecular weight excluding hydrogens is 432 g/mol. The maximum Gasteiger partial charge on any atom is 0.266 e. The number of hydrogen-bond donors (Lipinski definition) is 1. The number of piperidine rings is 1. The fourth-order valence-corrected chi connectivity index (χ4v) is 3.96. The van der Waals surface area contributed by atoms with E-state index in [1.165, 1.54) is 6.26 Å². The average molecular weight is 454 g/mol. The monoisotopic (exact) mass is 454 g/mol. The summed E-state index contributed by atoms with van der Waals surface area (Å²) in [7, 11) is 0. The van der Waals surface area contributed by atoms with Gasteiger partial charge in [-0.25, -0.2) is 0 Å². The summed E-state index contributed by atoms with van der Waals surface area (Å²) in [4.78, 5) is 19.1. The van der Waals surface area contributed by atoms with Crippen molar-refractivity contribution < 1.29 is 18.4 Å². The molecule has 2 aromatic carbocycles. The number of nitrogens with zero attached hydrogens (tertiary/aromatic N) is 3. The SMILES string of the molecule is N#Cc1nc(-c2ccco2)oc1N1CCC(C(=O)Nc2cccc(Oc3ccccc3)c2)CC1. The molecule has 8 nitrogen and oxygen atoms in total. The van der Waals surface area contributed by atoms with Gasteiger partial charge in [0.2, 0.25) is 17.5 Å². The van der Waals surface area contributed by atoms with Crippen LogP contribution in [-0.4, -0.2) is 24.0 Å². The van der Waals surface area contributed by atoms with Crippen LogP contribution in [0.15, 0.2) is 81.8 Å². The third-order valence-electron chi connectivity index (χ3n) is 5.68. The Hall–Kier alpha value is -4.51. The summed E-state index contributed by atoms with van der Waals surface area (Å²) in [6, 6.07) is 22.4. The molecule has 0 unspecified atom stereocenters. The molecule has 0 saturated carbocycles. The summed E-state index contributed by atoms with van der Waals surface area (Å²) in [6.45, 7) is 1.16. The zero-order valence-electron chi connectivity index (χ0n) is 18.3. The highest BCUT2D eigenvalue weighted by atomic mass is 16.5. The van der Waals surface area contributed by atoms with Crippen molar-refractivity contribution in [1.82, 2.24) is 4.98 Å². The van der Waals surface area contributed by atoms with Crippen molar-refractivity contribution in [3.05, 3.63) is 78.7 Å². The Morgan fingerprint density at radius 2 is 1.85 bits per heavy atom. The van der Waals surface area contributed by atoms with Gasteiger partial charge in [-0.1, -0.05) is 24.3 Å². The number of benzene rings is 2. The molecule has 0 aliphatic carbocycles. The lowest BCUT2D eigenvalue weighted by molar-refractivity contribution is -0.120. The van der Waals surface area contributed by atoms with Gasteiger partial charge in [-0.3, -0.25) is 4.79 Å². The Kier molecular flexibility index (Phi) is 5.99. The number of carbonyl (C=O) groups excluding carboxylic acids is 1. The Labute approximate surface area is 196 Å².